The number of anilines is 1. The van der Waals surface area contributed by atoms with Gasteiger partial charge in [-0.15, -0.1) is 11.3 Å². The fourth-order valence-electron chi connectivity index (χ4n) is 1.98. The topological polar surface area (TPSA) is 24.9 Å². The summed E-state index contributed by atoms with van der Waals surface area (Å²) in [5.41, 5.74) is 1.95. The lowest BCUT2D eigenvalue weighted by atomic mass is 10.2. The summed E-state index contributed by atoms with van der Waals surface area (Å²) in [4.78, 5) is 4.64. The molecule has 1 heterocycles. The molecule has 1 atom stereocenters. The summed E-state index contributed by atoms with van der Waals surface area (Å²) in [6, 6.07) is 12.9. The van der Waals surface area contributed by atoms with Crippen molar-refractivity contribution in [3.05, 3.63) is 56.9 Å². The molecule has 0 aliphatic heterocycles. The van der Waals surface area contributed by atoms with Crippen LogP contribution in [0.25, 0.3) is 10.2 Å². The van der Waals surface area contributed by atoms with Gasteiger partial charge in [-0.2, -0.15) is 0 Å². The van der Waals surface area contributed by atoms with Crippen LogP contribution in [-0.2, 0) is 0 Å². The summed E-state index contributed by atoms with van der Waals surface area (Å²) in [6.07, 6.45) is 0. The van der Waals surface area contributed by atoms with Crippen LogP contribution in [0.2, 0.25) is 0 Å². The van der Waals surface area contributed by atoms with E-state index in [1.54, 1.807) is 17.4 Å². The molecule has 1 N–H and O–H groups in total. The van der Waals surface area contributed by atoms with E-state index in [0.717, 1.165) is 19.8 Å². The van der Waals surface area contributed by atoms with Gasteiger partial charge in [0.05, 0.1) is 16.3 Å². The van der Waals surface area contributed by atoms with Crippen molar-refractivity contribution in [1.82, 2.24) is 4.98 Å². The fraction of sp³-hybridized carbons (Fsp3) is 0.133. The van der Waals surface area contributed by atoms with Crippen LogP contribution in [0.15, 0.2) is 42.5 Å². The molecule has 2 nitrogen and oxygen atoms in total. The molecule has 3 rings (SSSR count). The molecular formula is C15H12FIN2S. The van der Waals surface area contributed by atoms with Crippen molar-refractivity contribution in [3.63, 3.8) is 0 Å². The number of hydrogen-bond donors (Lipinski definition) is 1. The lowest BCUT2D eigenvalue weighted by Gasteiger charge is -2.14. The molecule has 0 fully saturated rings. The molecule has 0 spiro atoms. The van der Waals surface area contributed by atoms with Gasteiger partial charge in [0.15, 0.2) is 0 Å². The average molecular weight is 398 g/mol. The molecule has 1 aromatic heterocycles. The van der Waals surface area contributed by atoms with E-state index in [1.165, 1.54) is 16.8 Å². The molecule has 1 unspecified atom stereocenters. The Morgan fingerprint density at radius 1 is 1.25 bits per heavy atom. The van der Waals surface area contributed by atoms with Gasteiger partial charge in [0, 0.05) is 9.26 Å². The van der Waals surface area contributed by atoms with Crippen LogP contribution in [0.3, 0.4) is 0 Å². The molecule has 0 bridgehead atoms. The van der Waals surface area contributed by atoms with Crippen LogP contribution in [0.4, 0.5) is 10.1 Å². The first kappa shape index (κ1) is 13.8. The Bertz CT molecular complexity index is 723. The molecule has 20 heavy (non-hydrogen) atoms. The minimum Gasteiger partial charge on any atom is -0.375 e. The number of aromatic nitrogens is 1. The highest BCUT2D eigenvalue weighted by molar-refractivity contribution is 14.1. The highest BCUT2D eigenvalue weighted by Gasteiger charge is 2.12. The molecule has 0 amide bonds. The van der Waals surface area contributed by atoms with Crippen molar-refractivity contribution in [2.24, 2.45) is 0 Å². The van der Waals surface area contributed by atoms with Gasteiger partial charge in [-0.3, -0.25) is 0 Å². The SMILES string of the molecule is CC(Nc1ccc(F)cc1I)c1nc2ccccc2s1. The van der Waals surface area contributed by atoms with Crippen molar-refractivity contribution in [3.8, 4) is 0 Å². The lowest BCUT2D eigenvalue weighted by molar-refractivity contribution is 0.627. The van der Waals surface area contributed by atoms with Gasteiger partial charge in [0.25, 0.3) is 0 Å². The zero-order valence-electron chi connectivity index (χ0n) is 10.7. The predicted molar refractivity (Wildman–Crippen MR) is 90.8 cm³/mol. The van der Waals surface area contributed by atoms with E-state index < -0.39 is 0 Å². The number of nitrogens with one attached hydrogen (secondary N) is 1. The number of para-hydroxylation sites is 1. The maximum atomic E-state index is 13.1. The Balaban J connectivity index is 1.86. The third kappa shape index (κ3) is 2.78. The number of thiazole rings is 1. The predicted octanol–water partition coefficient (Wildman–Crippen LogP) is 5.21. The van der Waals surface area contributed by atoms with Crippen LogP contribution in [0.1, 0.15) is 18.0 Å². The summed E-state index contributed by atoms with van der Waals surface area (Å²) < 4.78 is 15.2. The Morgan fingerprint density at radius 2 is 2.05 bits per heavy atom. The van der Waals surface area contributed by atoms with Crippen LogP contribution >= 0.6 is 33.9 Å². The van der Waals surface area contributed by atoms with E-state index in [1.807, 2.05) is 18.2 Å². The maximum absolute atomic E-state index is 13.1. The van der Waals surface area contributed by atoms with Gasteiger partial charge in [0.1, 0.15) is 10.8 Å². The Kier molecular flexibility index (Phi) is 3.89. The lowest BCUT2D eigenvalue weighted by Crippen LogP contribution is -2.07. The van der Waals surface area contributed by atoms with Gasteiger partial charge < -0.3 is 5.32 Å². The molecule has 0 aliphatic carbocycles. The number of fused-ring (bicyclic) bond motifs is 1. The van der Waals surface area contributed by atoms with E-state index >= 15 is 0 Å². The molecular weight excluding hydrogens is 386 g/mol. The minimum absolute atomic E-state index is 0.0892. The summed E-state index contributed by atoms with van der Waals surface area (Å²) in [6.45, 7) is 2.07. The molecule has 0 saturated carbocycles. The maximum Gasteiger partial charge on any atom is 0.124 e. The van der Waals surface area contributed by atoms with Crippen LogP contribution in [-0.4, -0.2) is 4.98 Å². The number of rotatable bonds is 3. The minimum atomic E-state index is -0.215. The Labute approximate surface area is 134 Å². The van der Waals surface area contributed by atoms with E-state index in [-0.39, 0.29) is 11.9 Å². The molecule has 2 aromatic carbocycles. The number of nitrogens with zero attached hydrogens (tertiary/aromatic N) is 1. The van der Waals surface area contributed by atoms with Crippen molar-refractivity contribution in [2.45, 2.75) is 13.0 Å². The van der Waals surface area contributed by atoms with Gasteiger partial charge in [0.2, 0.25) is 0 Å². The van der Waals surface area contributed by atoms with Crippen LogP contribution in [0.5, 0.6) is 0 Å². The Morgan fingerprint density at radius 3 is 2.80 bits per heavy atom. The van der Waals surface area contributed by atoms with Crippen LogP contribution in [0, 0.1) is 9.39 Å². The quantitative estimate of drug-likeness (QED) is 0.613. The highest BCUT2D eigenvalue weighted by atomic mass is 127. The number of benzene rings is 2. The van der Waals surface area contributed by atoms with E-state index in [2.05, 4.69) is 45.9 Å². The zero-order valence-corrected chi connectivity index (χ0v) is 13.7. The molecule has 0 saturated heterocycles. The second kappa shape index (κ2) is 5.65. The molecule has 3 aromatic rings. The molecule has 5 heteroatoms. The van der Waals surface area contributed by atoms with Gasteiger partial charge in [-0.1, -0.05) is 12.1 Å². The zero-order chi connectivity index (χ0) is 14.1. The number of halogens is 2. The summed E-state index contributed by atoms with van der Waals surface area (Å²) in [5, 5.41) is 4.42. The summed E-state index contributed by atoms with van der Waals surface area (Å²) >= 11 is 3.82. The monoisotopic (exact) mass is 398 g/mol. The number of hydrogen-bond acceptors (Lipinski definition) is 3. The third-order valence-electron chi connectivity index (χ3n) is 2.98. The third-order valence-corrected chi connectivity index (χ3v) is 5.10. The average Bonchev–Trinajstić information content (AvgIpc) is 2.86. The van der Waals surface area contributed by atoms with Crippen molar-refractivity contribution < 1.29 is 4.39 Å². The van der Waals surface area contributed by atoms with Gasteiger partial charge in [-0.05, 0) is 59.8 Å². The van der Waals surface area contributed by atoms with Gasteiger partial charge >= 0.3 is 0 Å². The van der Waals surface area contributed by atoms with E-state index in [4.69, 9.17) is 0 Å². The van der Waals surface area contributed by atoms with Crippen LogP contribution < -0.4 is 5.32 Å². The first-order valence-corrected chi connectivity index (χ1v) is 8.10. The van der Waals surface area contributed by atoms with E-state index in [0.29, 0.717) is 0 Å². The first-order chi connectivity index (χ1) is 9.63. The second-order valence-corrected chi connectivity index (χ2v) is 6.73. The van der Waals surface area contributed by atoms with Crippen molar-refractivity contribution in [1.29, 1.82) is 0 Å². The largest absolute Gasteiger partial charge is 0.375 e. The van der Waals surface area contributed by atoms with Crippen molar-refractivity contribution >= 4 is 49.8 Å². The van der Waals surface area contributed by atoms with Gasteiger partial charge in [-0.25, -0.2) is 9.37 Å². The Hall–Kier alpha value is -1.21. The molecule has 0 aliphatic rings. The summed E-state index contributed by atoms with van der Waals surface area (Å²) in [7, 11) is 0. The molecule has 102 valence electrons. The normalized spacial score (nSPS) is 12.6. The highest BCUT2D eigenvalue weighted by Crippen LogP contribution is 2.29. The molecule has 0 radical (unpaired) electrons. The van der Waals surface area contributed by atoms with E-state index in [9.17, 15) is 4.39 Å². The smallest absolute Gasteiger partial charge is 0.124 e. The summed E-state index contributed by atoms with van der Waals surface area (Å²) in [5.74, 6) is -0.215. The fourth-order valence-corrected chi connectivity index (χ4v) is 3.58. The second-order valence-electron chi connectivity index (χ2n) is 4.51. The standard InChI is InChI=1S/C15H12FIN2S/c1-9(18-12-7-6-10(16)8-11(12)17)15-19-13-4-2-3-5-14(13)20-15/h2-9,18H,1H3. The van der Waals surface area contributed by atoms with Crippen molar-refractivity contribution in [2.75, 3.05) is 5.32 Å². The first-order valence-electron chi connectivity index (χ1n) is 6.20.